The minimum atomic E-state index is -0.915. The number of carboxylic acid groups (broad SMARTS) is 1. The van der Waals surface area contributed by atoms with Gasteiger partial charge in [0, 0.05) is 13.1 Å². The topological polar surface area (TPSA) is 66.8 Å². The van der Waals surface area contributed by atoms with Crippen molar-refractivity contribution in [2.75, 3.05) is 20.2 Å². The largest absolute Gasteiger partial charge is 0.497 e. The lowest BCUT2D eigenvalue weighted by atomic mass is 10.1. The summed E-state index contributed by atoms with van der Waals surface area (Å²) in [6.07, 6.45) is 1.82. The maximum atomic E-state index is 12.3. The normalized spacial score (nSPS) is 11.5. The minimum absolute atomic E-state index is 0.117. The van der Waals surface area contributed by atoms with Crippen LogP contribution in [0.3, 0.4) is 0 Å². The van der Waals surface area contributed by atoms with Crippen LogP contribution in [0.1, 0.15) is 12.5 Å². The molecule has 0 aliphatic rings. The molecule has 0 fully saturated rings. The highest BCUT2D eigenvalue weighted by molar-refractivity contribution is 5.80. The van der Waals surface area contributed by atoms with E-state index >= 15 is 0 Å². The van der Waals surface area contributed by atoms with Gasteiger partial charge < -0.3 is 14.7 Å². The van der Waals surface area contributed by atoms with Crippen LogP contribution in [0.25, 0.3) is 0 Å². The van der Waals surface area contributed by atoms with Crippen molar-refractivity contribution >= 4 is 11.9 Å². The second-order valence-electron chi connectivity index (χ2n) is 4.85. The van der Waals surface area contributed by atoms with Gasteiger partial charge in [0.2, 0.25) is 5.91 Å². The molecule has 0 saturated carbocycles. The highest BCUT2D eigenvalue weighted by atomic mass is 16.5. The zero-order chi connectivity index (χ0) is 15.8. The Bertz CT molecular complexity index is 496. The maximum Gasteiger partial charge on any atom is 0.308 e. The van der Waals surface area contributed by atoms with E-state index in [1.54, 1.807) is 32.2 Å². The molecule has 1 aromatic carbocycles. The highest BCUT2D eigenvalue weighted by Crippen LogP contribution is 2.13. The Hall–Kier alpha value is -2.30. The Labute approximate surface area is 124 Å². The van der Waals surface area contributed by atoms with Gasteiger partial charge >= 0.3 is 5.97 Å². The average molecular weight is 291 g/mol. The Morgan fingerprint density at radius 1 is 1.38 bits per heavy atom. The summed E-state index contributed by atoms with van der Waals surface area (Å²) < 4.78 is 5.07. The molecule has 1 amide bonds. The zero-order valence-electron chi connectivity index (χ0n) is 12.4. The number of carbonyl (C=O) groups excluding carboxylic acids is 1. The average Bonchev–Trinajstić information content (AvgIpc) is 2.47. The number of carbonyl (C=O) groups is 2. The second kappa shape index (κ2) is 8.09. The number of hydrogen-bond acceptors (Lipinski definition) is 3. The van der Waals surface area contributed by atoms with E-state index in [4.69, 9.17) is 9.84 Å². The van der Waals surface area contributed by atoms with Crippen molar-refractivity contribution in [1.82, 2.24) is 4.90 Å². The molecule has 0 spiro atoms. The van der Waals surface area contributed by atoms with Gasteiger partial charge in [0.05, 0.1) is 19.4 Å². The lowest BCUT2D eigenvalue weighted by molar-refractivity contribution is -0.142. The van der Waals surface area contributed by atoms with Gasteiger partial charge in [-0.3, -0.25) is 9.59 Å². The van der Waals surface area contributed by atoms with Crippen molar-refractivity contribution in [3.8, 4) is 5.75 Å². The molecule has 0 heterocycles. The Balaban J connectivity index is 2.71. The lowest BCUT2D eigenvalue weighted by Gasteiger charge is -2.23. The Morgan fingerprint density at radius 2 is 2.00 bits per heavy atom. The molecule has 0 aliphatic carbocycles. The summed E-state index contributed by atoms with van der Waals surface area (Å²) in [6.45, 7) is 5.71. The molecule has 5 nitrogen and oxygen atoms in total. The molecule has 0 radical (unpaired) electrons. The predicted octanol–water partition coefficient (Wildman–Crippen LogP) is 1.97. The first-order valence-electron chi connectivity index (χ1n) is 6.72. The summed E-state index contributed by atoms with van der Waals surface area (Å²) in [4.78, 5) is 24.7. The summed E-state index contributed by atoms with van der Waals surface area (Å²) in [5, 5.41) is 8.95. The van der Waals surface area contributed by atoms with Gasteiger partial charge in [0.25, 0.3) is 0 Å². The third-order valence-electron chi connectivity index (χ3n) is 3.13. The highest BCUT2D eigenvalue weighted by Gasteiger charge is 2.19. The van der Waals surface area contributed by atoms with Crippen LogP contribution in [0.15, 0.2) is 36.9 Å². The summed E-state index contributed by atoms with van der Waals surface area (Å²) in [5.74, 6) is -0.909. The van der Waals surface area contributed by atoms with Gasteiger partial charge in [-0.2, -0.15) is 0 Å². The van der Waals surface area contributed by atoms with Crippen molar-refractivity contribution in [3.05, 3.63) is 42.5 Å². The Morgan fingerprint density at radius 3 is 2.48 bits per heavy atom. The number of carboxylic acids is 1. The van der Waals surface area contributed by atoms with E-state index in [9.17, 15) is 9.59 Å². The molecule has 0 aromatic heterocycles. The van der Waals surface area contributed by atoms with Crippen LogP contribution < -0.4 is 4.74 Å². The van der Waals surface area contributed by atoms with Crippen LogP contribution in [0.4, 0.5) is 0 Å². The molecular formula is C16H21NO4. The van der Waals surface area contributed by atoms with E-state index in [1.165, 1.54) is 4.90 Å². The van der Waals surface area contributed by atoms with E-state index in [1.807, 2.05) is 12.1 Å². The number of hydrogen-bond donors (Lipinski definition) is 1. The fraction of sp³-hybridized carbons (Fsp3) is 0.375. The summed E-state index contributed by atoms with van der Waals surface area (Å²) >= 11 is 0. The van der Waals surface area contributed by atoms with E-state index in [2.05, 4.69) is 6.58 Å². The summed E-state index contributed by atoms with van der Waals surface area (Å²) in [6, 6.07) is 7.23. The molecule has 0 bridgehead atoms. The smallest absolute Gasteiger partial charge is 0.308 e. The van der Waals surface area contributed by atoms with E-state index in [0.29, 0.717) is 6.54 Å². The summed E-state index contributed by atoms with van der Waals surface area (Å²) in [5.41, 5.74) is 0.859. The monoisotopic (exact) mass is 291 g/mol. The molecule has 1 N–H and O–H groups in total. The first-order valence-corrected chi connectivity index (χ1v) is 6.72. The van der Waals surface area contributed by atoms with Crippen molar-refractivity contribution in [3.63, 3.8) is 0 Å². The van der Waals surface area contributed by atoms with Gasteiger partial charge in [-0.15, -0.1) is 6.58 Å². The molecule has 5 heteroatoms. The van der Waals surface area contributed by atoms with Crippen molar-refractivity contribution < 1.29 is 19.4 Å². The van der Waals surface area contributed by atoms with Crippen molar-refractivity contribution in [2.45, 2.75) is 13.3 Å². The first kappa shape index (κ1) is 16.8. The number of methoxy groups -OCH3 is 1. The number of aliphatic carboxylic acids is 1. The second-order valence-corrected chi connectivity index (χ2v) is 4.85. The molecule has 1 atom stereocenters. The first-order chi connectivity index (χ1) is 9.97. The molecule has 1 rings (SSSR count). The fourth-order valence-electron chi connectivity index (χ4n) is 1.87. The van der Waals surface area contributed by atoms with Crippen LogP contribution in [0, 0.1) is 5.92 Å². The van der Waals surface area contributed by atoms with Crippen LogP contribution >= 0.6 is 0 Å². The maximum absolute atomic E-state index is 12.3. The Kier molecular flexibility index (Phi) is 6.46. The molecule has 0 saturated heterocycles. The lowest BCUT2D eigenvalue weighted by Crippen LogP contribution is -2.37. The number of amides is 1. The minimum Gasteiger partial charge on any atom is -0.497 e. The van der Waals surface area contributed by atoms with E-state index in [0.717, 1.165) is 11.3 Å². The van der Waals surface area contributed by atoms with Gasteiger partial charge in [0.1, 0.15) is 5.75 Å². The molecule has 114 valence electrons. The van der Waals surface area contributed by atoms with Crippen molar-refractivity contribution in [1.29, 1.82) is 0 Å². The third-order valence-corrected chi connectivity index (χ3v) is 3.13. The van der Waals surface area contributed by atoms with Crippen LogP contribution in [-0.4, -0.2) is 42.1 Å². The number of nitrogens with zero attached hydrogens (tertiary/aromatic N) is 1. The molecule has 1 aromatic rings. The quantitative estimate of drug-likeness (QED) is 0.744. The standard InChI is InChI=1S/C16H21NO4/c1-4-9-17(11-12(2)16(19)20)15(18)10-13-5-7-14(21-3)8-6-13/h4-8,12H,1,9-11H2,2-3H3,(H,19,20). The van der Waals surface area contributed by atoms with Gasteiger partial charge in [-0.05, 0) is 17.7 Å². The summed E-state index contributed by atoms with van der Waals surface area (Å²) in [7, 11) is 1.58. The van der Waals surface area contributed by atoms with Crippen molar-refractivity contribution in [2.24, 2.45) is 5.92 Å². The number of ether oxygens (including phenoxy) is 1. The predicted molar refractivity (Wildman–Crippen MR) is 80.3 cm³/mol. The van der Waals surface area contributed by atoms with E-state index in [-0.39, 0.29) is 18.9 Å². The number of benzene rings is 1. The fourth-order valence-corrected chi connectivity index (χ4v) is 1.87. The molecule has 21 heavy (non-hydrogen) atoms. The molecule has 0 aliphatic heterocycles. The zero-order valence-corrected chi connectivity index (χ0v) is 12.4. The van der Waals surface area contributed by atoms with Crippen LogP contribution in [0.2, 0.25) is 0 Å². The van der Waals surface area contributed by atoms with Gasteiger partial charge in [0.15, 0.2) is 0 Å². The molecule has 1 unspecified atom stereocenters. The number of rotatable bonds is 8. The molecular weight excluding hydrogens is 270 g/mol. The van der Waals surface area contributed by atoms with Crippen LogP contribution in [0.5, 0.6) is 5.75 Å². The van der Waals surface area contributed by atoms with Crippen LogP contribution in [-0.2, 0) is 16.0 Å². The SMILES string of the molecule is C=CCN(CC(C)C(=O)O)C(=O)Cc1ccc(OC)cc1. The van der Waals surface area contributed by atoms with Gasteiger partial charge in [-0.1, -0.05) is 25.1 Å². The van der Waals surface area contributed by atoms with E-state index < -0.39 is 11.9 Å². The third kappa shape index (κ3) is 5.30. The van der Waals surface area contributed by atoms with Gasteiger partial charge in [-0.25, -0.2) is 0 Å².